The molecule has 0 aliphatic carbocycles. The van der Waals surface area contributed by atoms with Crippen molar-refractivity contribution in [1.29, 1.82) is 0 Å². The van der Waals surface area contributed by atoms with Crippen molar-refractivity contribution in [3.63, 3.8) is 0 Å². The van der Waals surface area contributed by atoms with E-state index >= 15 is 0 Å². The number of ether oxygens (including phenoxy) is 2. The molecule has 0 atom stereocenters. The van der Waals surface area contributed by atoms with Crippen molar-refractivity contribution in [2.75, 3.05) is 4.90 Å². The molecule has 1 aromatic carbocycles. The van der Waals surface area contributed by atoms with E-state index in [1.807, 2.05) is 0 Å². The van der Waals surface area contributed by atoms with Crippen LogP contribution in [0, 0.1) is 0 Å². The van der Waals surface area contributed by atoms with E-state index in [-0.39, 0.29) is 20.5 Å². The third-order valence-corrected chi connectivity index (χ3v) is 4.71. The maximum absolute atomic E-state index is 12.7. The summed E-state index contributed by atoms with van der Waals surface area (Å²) in [6, 6.07) is 6.55. The number of rotatable bonds is 6. The fourth-order valence-corrected chi connectivity index (χ4v) is 3.62. The van der Waals surface area contributed by atoms with Gasteiger partial charge in [-0.05, 0) is 30.3 Å². The summed E-state index contributed by atoms with van der Waals surface area (Å²) in [7, 11) is 0. The lowest BCUT2D eigenvalue weighted by atomic mass is 10.1. The lowest BCUT2D eigenvalue weighted by molar-refractivity contribution is -0.113. The van der Waals surface area contributed by atoms with Crippen LogP contribution in [0.3, 0.4) is 0 Å². The van der Waals surface area contributed by atoms with Gasteiger partial charge < -0.3 is 9.47 Å². The molecule has 0 unspecified atom stereocenters. The van der Waals surface area contributed by atoms with Gasteiger partial charge in [-0.3, -0.25) is 14.7 Å². The minimum atomic E-state index is -3.20. The van der Waals surface area contributed by atoms with Crippen LogP contribution < -0.4 is 14.4 Å². The number of hydrogen-bond donors (Lipinski definition) is 0. The van der Waals surface area contributed by atoms with Crippen molar-refractivity contribution < 1.29 is 31.8 Å². The summed E-state index contributed by atoms with van der Waals surface area (Å²) >= 11 is 6.17. The molecule has 1 amide bonds. The highest BCUT2D eigenvalue weighted by Crippen LogP contribution is 2.37. The molecule has 2 aromatic rings. The molecular weight excluding hydrogens is 420 g/mol. The molecule has 5 nitrogen and oxygen atoms in total. The number of anilines is 1. The Balaban J connectivity index is 1.94. The summed E-state index contributed by atoms with van der Waals surface area (Å²) in [6.45, 7) is -6.32. The average Bonchev–Trinajstić information content (AvgIpc) is 2.90. The molecule has 0 spiro atoms. The molecule has 28 heavy (non-hydrogen) atoms. The van der Waals surface area contributed by atoms with E-state index in [1.165, 1.54) is 29.4 Å². The van der Waals surface area contributed by atoms with Crippen molar-refractivity contribution in [3.8, 4) is 11.5 Å². The smallest absolute Gasteiger partial charge is 0.387 e. The molecule has 146 valence electrons. The van der Waals surface area contributed by atoms with Crippen molar-refractivity contribution in [3.05, 3.63) is 53.2 Å². The Labute approximate surface area is 165 Å². The number of thiocarbonyl (C=S) groups is 1. The molecule has 1 aliphatic heterocycles. The minimum absolute atomic E-state index is 0.0774. The number of hydrogen-bond acceptors (Lipinski definition) is 6. The summed E-state index contributed by atoms with van der Waals surface area (Å²) in [4.78, 5) is 18.0. The van der Waals surface area contributed by atoms with Crippen LogP contribution in [0.15, 0.2) is 47.6 Å². The highest BCUT2D eigenvalue weighted by atomic mass is 32.2. The predicted octanol–water partition coefficient (Wildman–Crippen LogP) is 4.69. The van der Waals surface area contributed by atoms with Crippen LogP contribution in [-0.4, -0.2) is 28.4 Å². The van der Waals surface area contributed by atoms with Gasteiger partial charge in [-0.25, -0.2) is 0 Å². The van der Waals surface area contributed by atoms with Gasteiger partial charge in [0.1, 0.15) is 11.5 Å². The molecule has 0 saturated carbocycles. The number of carbonyl (C=O) groups is 1. The third kappa shape index (κ3) is 4.60. The number of alkyl halides is 4. The van der Waals surface area contributed by atoms with Crippen LogP contribution in [0.1, 0.15) is 5.56 Å². The van der Waals surface area contributed by atoms with Gasteiger partial charge in [-0.15, -0.1) is 0 Å². The molecule has 1 aliphatic rings. The van der Waals surface area contributed by atoms with Crippen LogP contribution >= 0.6 is 24.0 Å². The van der Waals surface area contributed by atoms with E-state index in [1.54, 1.807) is 12.1 Å². The highest BCUT2D eigenvalue weighted by Gasteiger charge is 2.33. The number of halogens is 4. The zero-order valence-electron chi connectivity index (χ0n) is 13.7. The molecule has 0 N–H and O–H groups in total. The zero-order chi connectivity index (χ0) is 20.3. The lowest BCUT2D eigenvalue weighted by Crippen LogP contribution is -2.27. The third-order valence-electron chi connectivity index (χ3n) is 3.41. The van der Waals surface area contributed by atoms with E-state index in [0.29, 0.717) is 5.69 Å². The molecule has 0 radical (unpaired) electrons. The second-order valence-electron chi connectivity index (χ2n) is 5.18. The van der Waals surface area contributed by atoms with Crippen LogP contribution in [0.25, 0.3) is 6.08 Å². The number of benzene rings is 1. The van der Waals surface area contributed by atoms with Gasteiger partial charge in [0.25, 0.3) is 5.91 Å². The highest BCUT2D eigenvalue weighted by molar-refractivity contribution is 8.27. The summed E-state index contributed by atoms with van der Waals surface area (Å²) in [5.41, 5.74) is 0.534. The monoisotopic (exact) mass is 430 g/mol. The largest absolute Gasteiger partial charge is 0.435 e. The van der Waals surface area contributed by atoms with E-state index < -0.39 is 24.9 Å². The van der Waals surface area contributed by atoms with E-state index in [9.17, 15) is 22.4 Å². The van der Waals surface area contributed by atoms with Crippen molar-refractivity contribution in [2.45, 2.75) is 13.2 Å². The van der Waals surface area contributed by atoms with Gasteiger partial charge in [0.15, 0.2) is 4.32 Å². The first kappa shape index (κ1) is 20.1. The number of thioether (sulfide) groups is 1. The molecule has 1 fully saturated rings. The molecule has 11 heteroatoms. The topological polar surface area (TPSA) is 51.7 Å². The van der Waals surface area contributed by atoms with E-state index in [4.69, 9.17) is 12.2 Å². The second kappa shape index (κ2) is 8.57. The fraction of sp³-hybridized carbons (Fsp3) is 0.118. The summed E-state index contributed by atoms with van der Waals surface area (Å²) in [5.74, 6) is -1.25. The van der Waals surface area contributed by atoms with Gasteiger partial charge in [-0.1, -0.05) is 24.0 Å². The second-order valence-corrected chi connectivity index (χ2v) is 6.86. The molecule has 3 rings (SSSR count). The molecular formula is C17H10F4N2O3S2. The van der Waals surface area contributed by atoms with Crippen molar-refractivity contribution >= 4 is 46.0 Å². The Hall–Kier alpha value is -2.66. The van der Waals surface area contributed by atoms with Crippen molar-refractivity contribution in [2.24, 2.45) is 0 Å². The van der Waals surface area contributed by atoms with Gasteiger partial charge in [0, 0.05) is 17.8 Å². The number of nitrogens with zero attached hydrogens (tertiary/aromatic N) is 2. The fourth-order valence-electron chi connectivity index (χ4n) is 2.33. The first-order chi connectivity index (χ1) is 13.3. The van der Waals surface area contributed by atoms with E-state index in [2.05, 4.69) is 14.5 Å². The number of pyridine rings is 1. The Morgan fingerprint density at radius 3 is 2.54 bits per heavy atom. The summed E-state index contributed by atoms with van der Waals surface area (Å²) in [5, 5.41) is 0. The standard InChI is InChI=1S/C17H10F4N2O3S2/c18-15(19)25-11-4-3-9(12(7-11)26-16(20)21)6-13-14(24)23(17(27)28-13)10-2-1-5-22-8-10/h1-8,15-16H/b13-6-. The normalized spacial score (nSPS) is 15.8. The SMILES string of the molecule is O=C1/C(=C/c2ccc(OC(F)F)cc2OC(F)F)SC(=S)N1c1cccnc1. The minimum Gasteiger partial charge on any atom is -0.435 e. The van der Waals surface area contributed by atoms with Gasteiger partial charge in [0.2, 0.25) is 0 Å². The summed E-state index contributed by atoms with van der Waals surface area (Å²) < 4.78 is 58.9. The van der Waals surface area contributed by atoms with Crippen LogP contribution in [0.5, 0.6) is 11.5 Å². The first-order valence-electron chi connectivity index (χ1n) is 7.57. The van der Waals surface area contributed by atoms with Crippen LogP contribution in [-0.2, 0) is 4.79 Å². The first-order valence-corrected chi connectivity index (χ1v) is 8.79. The molecule has 1 saturated heterocycles. The Kier molecular flexibility index (Phi) is 6.15. The quantitative estimate of drug-likeness (QED) is 0.377. The Bertz CT molecular complexity index is 926. The number of amides is 1. The van der Waals surface area contributed by atoms with Crippen molar-refractivity contribution in [1.82, 2.24) is 4.98 Å². The molecule has 0 bridgehead atoms. The Morgan fingerprint density at radius 1 is 1.14 bits per heavy atom. The van der Waals surface area contributed by atoms with Gasteiger partial charge in [0.05, 0.1) is 16.8 Å². The maximum Gasteiger partial charge on any atom is 0.387 e. The number of aromatic nitrogens is 1. The lowest BCUT2D eigenvalue weighted by Gasteiger charge is -2.13. The average molecular weight is 430 g/mol. The maximum atomic E-state index is 12.7. The summed E-state index contributed by atoms with van der Waals surface area (Å²) in [6.07, 6.45) is 4.28. The van der Waals surface area contributed by atoms with Gasteiger partial charge >= 0.3 is 13.2 Å². The molecule has 2 heterocycles. The van der Waals surface area contributed by atoms with Crippen LogP contribution in [0.4, 0.5) is 23.2 Å². The number of carbonyl (C=O) groups excluding carboxylic acids is 1. The zero-order valence-corrected chi connectivity index (χ0v) is 15.4. The van der Waals surface area contributed by atoms with Gasteiger partial charge in [-0.2, -0.15) is 17.6 Å². The van der Waals surface area contributed by atoms with Crippen LogP contribution in [0.2, 0.25) is 0 Å². The Morgan fingerprint density at radius 2 is 1.89 bits per heavy atom. The molecule has 1 aromatic heterocycles. The van der Waals surface area contributed by atoms with E-state index in [0.717, 1.165) is 23.9 Å². The predicted molar refractivity (Wildman–Crippen MR) is 99.6 cm³/mol.